The normalized spacial score (nSPS) is 22.3. The van der Waals surface area contributed by atoms with Crippen molar-refractivity contribution in [1.82, 2.24) is 15.5 Å². The van der Waals surface area contributed by atoms with Crippen molar-refractivity contribution in [2.45, 2.75) is 25.0 Å². The number of nitrogens with zero attached hydrogens (tertiary/aromatic N) is 1. The van der Waals surface area contributed by atoms with Crippen LogP contribution in [-0.4, -0.2) is 70.0 Å². The number of benzene rings is 1. The van der Waals surface area contributed by atoms with Gasteiger partial charge in [-0.1, -0.05) is 0 Å². The van der Waals surface area contributed by atoms with Gasteiger partial charge in [-0.3, -0.25) is 9.69 Å². The van der Waals surface area contributed by atoms with E-state index in [0.717, 1.165) is 49.7 Å². The molecule has 2 fully saturated rings. The van der Waals surface area contributed by atoms with E-state index in [1.54, 1.807) is 14.2 Å². The van der Waals surface area contributed by atoms with Crippen molar-refractivity contribution in [3.8, 4) is 11.5 Å². The van der Waals surface area contributed by atoms with E-state index in [1.165, 1.54) is 0 Å². The number of ether oxygens (including phenoxy) is 3. The zero-order chi connectivity index (χ0) is 17.6. The van der Waals surface area contributed by atoms with E-state index in [2.05, 4.69) is 15.5 Å². The highest BCUT2D eigenvalue weighted by Crippen LogP contribution is 2.24. The molecule has 2 heterocycles. The van der Waals surface area contributed by atoms with Crippen LogP contribution in [0.25, 0.3) is 0 Å². The van der Waals surface area contributed by atoms with Crippen molar-refractivity contribution in [2.75, 3.05) is 47.1 Å². The molecule has 2 aliphatic heterocycles. The van der Waals surface area contributed by atoms with Gasteiger partial charge in [0.25, 0.3) is 0 Å². The summed E-state index contributed by atoms with van der Waals surface area (Å²) in [5.41, 5.74) is 1.14. The molecule has 2 saturated heterocycles. The van der Waals surface area contributed by atoms with Crippen LogP contribution in [0.4, 0.5) is 0 Å². The Kier molecular flexibility index (Phi) is 10.2. The van der Waals surface area contributed by atoms with Gasteiger partial charge in [0.2, 0.25) is 5.91 Å². The Balaban J connectivity index is 0.00000182. The molecule has 1 aromatic rings. The summed E-state index contributed by atoms with van der Waals surface area (Å²) >= 11 is 0. The van der Waals surface area contributed by atoms with Crippen molar-refractivity contribution in [2.24, 2.45) is 0 Å². The molecule has 0 bridgehead atoms. The second-order valence-electron chi connectivity index (χ2n) is 6.53. The van der Waals surface area contributed by atoms with Crippen LogP contribution >= 0.6 is 24.8 Å². The SMILES string of the molecule is COc1cc(CN2CCC(NC(=O)C3COCCN3)C2)cc(OC)c1.Cl.Cl. The third kappa shape index (κ3) is 6.69. The summed E-state index contributed by atoms with van der Waals surface area (Å²) < 4.78 is 16.0. The monoisotopic (exact) mass is 421 g/mol. The molecule has 9 heteroatoms. The Labute approximate surface area is 172 Å². The van der Waals surface area contributed by atoms with Gasteiger partial charge in [0, 0.05) is 38.3 Å². The van der Waals surface area contributed by atoms with Gasteiger partial charge >= 0.3 is 0 Å². The summed E-state index contributed by atoms with van der Waals surface area (Å²) in [7, 11) is 3.31. The van der Waals surface area contributed by atoms with Gasteiger partial charge in [0.1, 0.15) is 17.5 Å². The van der Waals surface area contributed by atoms with Crippen LogP contribution in [0.15, 0.2) is 18.2 Å². The number of hydrogen-bond acceptors (Lipinski definition) is 6. The van der Waals surface area contributed by atoms with Crippen molar-refractivity contribution in [1.29, 1.82) is 0 Å². The van der Waals surface area contributed by atoms with E-state index in [-0.39, 0.29) is 42.8 Å². The molecule has 3 rings (SSSR count). The van der Waals surface area contributed by atoms with Gasteiger partial charge in [-0.2, -0.15) is 0 Å². The van der Waals surface area contributed by atoms with Crippen LogP contribution in [0, 0.1) is 0 Å². The minimum absolute atomic E-state index is 0. The maximum atomic E-state index is 12.3. The summed E-state index contributed by atoms with van der Waals surface area (Å²) in [5, 5.41) is 6.33. The van der Waals surface area contributed by atoms with E-state index in [1.807, 2.05) is 18.2 Å². The molecule has 0 saturated carbocycles. The topological polar surface area (TPSA) is 72.1 Å². The van der Waals surface area contributed by atoms with Gasteiger partial charge < -0.3 is 24.8 Å². The molecule has 0 spiro atoms. The van der Waals surface area contributed by atoms with Gasteiger partial charge in [0.05, 0.1) is 27.4 Å². The van der Waals surface area contributed by atoms with E-state index in [9.17, 15) is 4.79 Å². The fourth-order valence-electron chi connectivity index (χ4n) is 3.35. The Morgan fingerprint density at radius 3 is 2.56 bits per heavy atom. The third-order valence-electron chi connectivity index (χ3n) is 4.67. The van der Waals surface area contributed by atoms with Crippen molar-refractivity contribution in [3.63, 3.8) is 0 Å². The molecule has 2 unspecified atom stereocenters. The van der Waals surface area contributed by atoms with E-state index < -0.39 is 0 Å². The highest BCUT2D eigenvalue weighted by molar-refractivity contribution is 5.85. The van der Waals surface area contributed by atoms with Crippen LogP contribution in [0.2, 0.25) is 0 Å². The first-order valence-electron chi connectivity index (χ1n) is 8.73. The number of nitrogens with one attached hydrogen (secondary N) is 2. The molecule has 2 aliphatic rings. The minimum Gasteiger partial charge on any atom is -0.497 e. The highest BCUT2D eigenvalue weighted by atomic mass is 35.5. The maximum Gasteiger partial charge on any atom is 0.239 e. The molecule has 0 radical (unpaired) electrons. The molecule has 0 aliphatic carbocycles. The molecule has 2 atom stereocenters. The lowest BCUT2D eigenvalue weighted by Crippen LogP contribution is -2.53. The minimum atomic E-state index is -0.231. The summed E-state index contributed by atoms with van der Waals surface area (Å²) in [6, 6.07) is 5.87. The number of hydrogen-bond donors (Lipinski definition) is 2. The molecular weight excluding hydrogens is 393 g/mol. The predicted molar refractivity (Wildman–Crippen MR) is 108 cm³/mol. The number of carbonyl (C=O) groups is 1. The summed E-state index contributed by atoms with van der Waals surface area (Å²) in [6.45, 7) is 4.46. The zero-order valence-electron chi connectivity index (χ0n) is 15.7. The molecule has 7 nitrogen and oxygen atoms in total. The highest BCUT2D eigenvalue weighted by Gasteiger charge is 2.28. The van der Waals surface area contributed by atoms with Gasteiger partial charge in [-0.05, 0) is 24.1 Å². The molecular formula is C18H29Cl2N3O4. The van der Waals surface area contributed by atoms with Crippen LogP contribution in [0.5, 0.6) is 11.5 Å². The number of carbonyl (C=O) groups excluding carboxylic acids is 1. The van der Waals surface area contributed by atoms with Crippen LogP contribution < -0.4 is 20.1 Å². The lowest BCUT2D eigenvalue weighted by molar-refractivity contribution is -0.126. The average molecular weight is 422 g/mol. The standard InChI is InChI=1S/C18H27N3O4.2ClH/c1-23-15-7-13(8-16(9-15)24-2)10-21-5-3-14(11-21)20-18(22)17-12-25-6-4-19-17;;/h7-9,14,17,19H,3-6,10-12H2,1-2H3,(H,20,22);2*1H. The number of rotatable bonds is 6. The smallest absolute Gasteiger partial charge is 0.239 e. The summed E-state index contributed by atoms with van der Waals surface area (Å²) in [6.07, 6.45) is 0.959. The molecule has 1 amide bonds. The molecule has 1 aromatic carbocycles. The maximum absolute atomic E-state index is 12.3. The number of halogens is 2. The number of morpholine rings is 1. The van der Waals surface area contributed by atoms with Crippen LogP contribution in [0.1, 0.15) is 12.0 Å². The second-order valence-corrected chi connectivity index (χ2v) is 6.53. The number of methoxy groups -OCH3 is 2. The van der Waals surface area contributed by atoms with Crippen LogP contribution in [-0.2, 0) is 16.1 Å². The number of likely N-dealkylation sites (tertiary alicyclic amines) is 1. The van der Waals surface area contributed by atoms with E-state index >= 15 is 0 Å². The average Bonchev–Trinajstić information content (AvgIpc) is 3.08. The van der Waals surface area contributed by atoms with Crippen molar-refractivity contribution < 1.29 is 19.0 Å². The molecule has 0 aromatic heterocycles. The molecule has 154 valence electrons. The van der Waals surface area contributed by atoms with Crippen molar-refractivity contribution in [3.05, 3.63) is 23.8 Å². The number of amides is 1. The van der Waals surface area contributed by atoms with Gasteiger partial charge in [-0.25, -0.2) is 0 Å². The lowest BCUT2D eigenvalue weighted by atomic mass is 10.2. The third-order valence-corrected chi connectivity index (χ3v) is 4.67. The van der Waals surface area contributed by atoms with Gasteiger partial charge in [0.15, 0.2) is 0 Å². The summed E-state index contributed by atoms with van der Waals surface area (Å²) in [5.74, 6) is 1.62. The first-order valence-corrected chi connectivity index (χ1v) is 8.73. The van der Waals surface area contributed by atoms with E-state index in [4.69, 9.17) is 14.2 Å². The quantitative estimate of drug-likeness (QED) is 0.719. The zero-order valence-corrected chi connectivity index (χ0v) is 17.4. The Bertz CT molecular complexity index is 578. The largest absolute Gasteiger partial charge is 0.497 e. The Hall–Kier alpha value is -1.25. The Morgan fingerprint density at radius 1 is 1.26 bits per heavy atom. The predicted octanol–water partition coefficient (Wildman–Crippen LogP) is 1.23. The lowest BCUT2D eigenvalue weighted by Gasteiger charge is -2.24. The molecule has 27 heavy (non-hydrogen) atoms. The fourth-order valence-corrected chi connectivity index (χ4v) is 3.35. The van der Waals surface area contributed by atoms with E-state index in [0.29, 0.717) is 13.2 Å². The van der Waals surface area contributed by atoms with Crippen molar-refractivity contribution >= 4 is 30.7 Å². The Morgan fingerprint density at radius 2 is 1.96 bits per heavy atom. The first-order chi connectivity index (χ1) is 12.2. The van der Waals surface area contributed by atoms with Crippen LogP contribution in [0.3, 0.4) is 0 Å². The first kappa shape index (κ1) is 23.8. The molecule has 2 N–H and O–H groups in total. The summed E-state index contributed by atoms with van der Waals surface area (Å²) in [4.78, 5) is 14.6. The second kappa shape index (κ2) is 11.6. The fraction of sp³-hybridized carbons (Fsp3) is 0.611. The van der Waals surface area contributed by atoms with Gasteiger partial charge in [-0.15, -0.1) is 24.8 Å².